The zero-order chi connectivity index (χ0) is 15.5. The molecule has 0 heterocycles. The molecule has 20 heavy (non-hydrogen) atoms. The molecule has 1 N–H and O–H groups in total. The third kappa shape index (κ3) is 3.55. The standard InChI is InChI=1S/C12H17ClN2O4S/c1-8(12(16)14-2)15(20(4,17)18)9-5-6-11(19-3)10(13)7-9/h5-8H,1-4H3,(H,14,16). The van der Waals surface area contributed by atoms with Crippen LogP contribution in [0.5, 0.6) is 5.75 Å². The average Bonchev–Trinajstić information content (AvgIpc) is 2.36. The van der Waals surface area contributed by atoms with Crippen molar-refractivity contribution in [2.75, 3.05) is 24.7 Å². The van der Waals surface area contributed by atoms with Crippen LogP contribution in [-0.4, -0.2) is 40.8 Å². The molecule has 0 bridgehead atoms. The van der Waals surface area contributed by atoms with E-state index in [1.54, 1.807) is 6.07 Å². The number of halogens is 1. The molecule has 0 fully saturated rings. The number of benzene rings is 1. The Morgan fingerprint density at radius 3 is 2.45 bits per heavy atom. The van der Waals surface area contributed by atoms with Gasteiger partial charge in [-0.05, 0) is 25.1 Å². The van der Waals surface area contributed by atoms with Crippen LogP contribution in [0.2, 0.25) is 5.02 Å². The van der Waals surface area contributed by atoms with E-state index in [9.17, 15) is 13.2 Å². The second kappa shape index (κ2) is 6.32. The van der Waals surface area contributed by atoms with Crippen molar-refractivity contribution < 1.29 is 17.9 Å². The van der Waals surface area contributed by atoms with Crippen molar-refractivity contribution in [3.8, 4) is 5.75 Å². The molecule has 0 saturated heterocycles. The molecule has 0 aliphatic rings. The van der Waals surface area contributed by atoms with E-state index < -0.39 is 22.0 Å². The third-order valence-corrected chi connectivity index (χ3v) is 4.26. The Morgan fingerprint density at radius 2 is 2.05 bits per heavy atom. The smallest absolute Gasteiger partial charge is 0.243 e. The molecule has 1 rings (SSSR count). The second-order valence-corrected chi connectivity index (χ2v) is 6.43. The van der Waals surface area contributed by atoms with Crippen molar-refractivity contribution in [1.82, 2.24) is 5.32 Å². The van der Waals surface area contributed by atoms with E-state index in [0.717, 1.165) is 10.6 Å². The predicted octanol–water partition coefficient (Wildman–Crippen LogP) is 1.25. The van der Waals surface area contributed by atoms with Gasteiger partial charge < -0.3 is 10.1 Å². The van der Waals surface area contributed by atoms with Gasteiger partial charge in [-0.25, -0.2) is 8.42 Å². The van der Waals surface area contributed by atoms with E-state index in [1.807, 2.05) is 0 Å². The lowest BCUT2D eigenvalue weighted by molar-refractivity contribution is -0.121. The SMILES string of the molecule is CNC(=O)C(C)N(c1ccc(OC)c(Cl)c1)S(C)(=O)=O. The lowest BCUT2D eigenvalue weighted by Gasteiger charge is -2.28. The number of carbonyl (C=O) groups is 1. The minimum Gasteiger partial charge on any atom is -0.495 e. The van der Waals surface area contributed by atoms with Crippen molar-refractivity contribution in [2.24, 2.45) is 0 Å². The summed E-state index contributed by atoms with van der Waals surface area (Å²) in [6.07, 6.45) is 1.03. The summed E-state index contributed by atoms with van der Waals surface area (Å²) in [7, 11) is -0.730. The molecule has 0 aliphatic carbocycles. The van der Waals surface area contributed by atoms with E-state index in [-0.39, 0.29) is 5.02 Å². The molecule has 1 amide bonds. The van der Waals surface area contributed by atoms with Crippen LogP contribution < -0.4 is 14.4 Å². The van der Waals surface area contributed by atoms with Crippen LogP contribution in [0.25, 0.3) is 0 Å². The predicted molar refractivity (Wildman–Crippen MR) is 78.9 cm³/mol. The monoisotopic (exact) mass is 320 g/mol. The number of likely N-dealkylation sites (N-methyl/N-ethyl adjacent to an activating group) is 1. The Kier molecular flexibility index (Phi) is 5.24. The van der Waals surface area contributed by atoms with Gasteiger partial charge in [0.1, 0.15) is 11.8 Å². The maximum absolute atomic E-state index is 11.9. The highest BCUT2D eigenvalue weighted by molar-refractivity contribution is 7.92. The van der Waals surface area contributed by atoms with E-state index in [2.05, 4.69) is 5.32 Å². The minimum absolute atomic E-state index is 0.266. The van der Waals surface area contributed by atoms with Crippen LogP contribution in [0.15, 0.2) is 18.2 Å². The van der Waals surface area contributed by atoms with Crippen LogP contribution >= 0.6 is 11.6 Å². The zero-order valence-corrected chi connectivity index (χ0v) is 13.2. The van der Waals surface area contributed by atoms with E-state index in [1.165, 1.54) is 33.2 Å². The average molecular weight is 321 g/mol. The number of hydrogen-bond acceptors (Lipinski definition) is 4. The molecule has 8 heteroatoms. The van der Waals surface area contributed by atoms with Gasteiger partial charge in [-0.1, -0.05) is 11.6 Å². The van der Waals surface area contributed by atoms with Crippen LogP contribution in [0, 0.1) is 0 Å². The fourth-order valence-corrected chi connectivity index (χ4v) is 3.23. The van der Waals surface area contributed by atoms with Gasteiger partial charge in [0.2, 0.25) is 15.9 Å². The highest BCUT2D eigenvalue weighted by Gasteiger charge is 2.28. The van der Waals surface area contributed by atoms with Gasteiger partial charge in [0.15, 0.2) is 0 Å². The summed E-state index contributed by atoms with van der Waals surface area (Å²) < 4.78 is 29.9. The van der Waals surface area contributed by atoms with Gasteiger partial charge in [-0.2, -0.15) is 0 Å². The highest BCUT2D eigenvalue weighted by atomic mass is 35.5. The Balaban J connectivity index is 3.33. The summed E-state index contributed by atoms with van der Waals surface area (Å²) in [4.78, 5) is 11.7. The molecule has 1 aromatic rings. The van der Waals surface area contributed by atoms with E-state index in [4.69, 9.17) is 16.3 Å². The first-order valence-corrected chi connectivity index (χ1v) is 7.99. The lowest BCUT2D eigenvalue weighted by Crippen LogP contribution is -2.46. The van der Waals surface area contributed by atoms with Gasteiger partial charge >= 0.3 is 0 Å². The Bertz CT molecular complexity index is 603. The molecular formula is C12H17ClN2O4S. The largest absolute Gasteiger partial charge is 0.495 e. The molecule has 0 aliphatic heterocycles. The molecule has 112 valence electrons. The molecule has 1 aromatic carbocycles. The van der Waals surface area contributed by atoms with Crippen molar-refractivity contribution in [2.45, 2.75) is 13.0 Å². The number of anilines is 1. The number of nitrogens with zero attached hydrogens (tertiary/aromatic N) is 1. The summed E-state index contributed by atoms with van der Waals surface area (Å²) in [6, 6.07) is 3.64. The summed E-state index contributed by atoms with van der Waals surface area (Å²) in [5.41, 5.74) is 0.300. The van der Waals surface area contributed by atoms with E-state index >= 15 is 0 Å². The summed E-state index contributed by atoms with van der Waals surface area (Å²) in [5.74, 6) is 0.0128. The molecular weight excluding hydrogens is 304 g/mol. The van der Waals surface area contributed by atoms with E-state index in [0.29, 0.717) is 11.4 Å². The molecule has 0 radical (unpaired) electrons. The third-order valence-electron chi connectivity index (χ3n) is 2.72. The molecule has 6 nitrogen and oxygen atoms in total. The summed E-state index contributed by atoms with van der Waals surface area (Å²) in [5, 5.41) is 2.69. The van der Waals surface area contributed by atoms with Gasteiger partial charge in [0, 0.05) is 7.05 Å². The van der Waals surface area contributed by atoms with Crippen LogP contribution in [0.4, 0.5) is 5.69 Å². The van der Waals surface area contributed by atoms with Gasteiger partial charge in [-0.15, -0.1) is 0 Å². The number of hydrogen-bond donors (Lipinski definition) is 1. The maximum Gasteiger partial charge on any atom is 0.243 e. The topological polar surface area (TPSA) is 75.7 Å². The molecule has 0 saturated carbocycles. The number of sulfonamides is 1. The number of ether oxygens (including phenoxy) is 1. The van der Waals surface area contributed by atoms with Crippen LogP contribution in [0.3, 0.4) is 0 Å². The number of amides is 1. The summed E-state index contributed by atoms with van der Waals surface area (Å²) in [6.45, 7) is 1.50. The van der Waals surface area contributed by atoms with Crippen LogP contribution in [-0.2, 0) is 14.8 Å². The zero-order valence-electron chi connectivity index (χ0n) is 11.7. The minimum atomic E-state index is -3.64. The normalized spacial score (nSPS) is 12.7. The fraction of sp³-hybridized carbons (Fsp3) is 0.417. The van der Waals surface area contributed by atoms with Crippen molar-refractivity contribution in [1.29, 1.82) is 0 Å². The molecule has 1 atom stereocenters. The first kappa shape index (κ1) is 16.6. The number of methoxy groups -OCH3 is 1. The first-order chi connectivity index (χ1) is 9.22. The van der Waals surface area contributed by atoms with Gasteiger partial charge in [0.25, 0.3) is 0 Å². The number of rotatable bonds is 5. The number of nitrogens with one attached hydrogen (secondary N) is 1. The Labute approximate surface area is 123 Å². The molecule has 0 aromatic heterocycles. The summed E-state index contributed by atoms with van der Waals surface area (Å²) >= 11 is 5.99. The van der Waals surface area contributed by atoms with Crippen molar-refractivity contribution in [3.05, 3.63) is 23.2 Å². The maximum atomic E-state index is 11.9. The Hall–Kier alpha value is -1.47. The second-order valence-electron chi connectivity index (χ2n) is 4.17. The first-order valence-electron chi connectivity index (χ1n) is 5.77. The van der Waals surface area contributed by atoms with Crippen molar-refractivity contribution in [3.63, 3.8) is 0 Å². The fourth-order valence-electron chi connectivity index (χ4n) is 1.81. The van der Waals surface area contributed by atoms with Crippen LogP contribution in [0.1, 0.15) is 6.92 Å². The molecule has 1 unspecified atom stereocenters. The Morgan fingerprint density at radius 1 is 1.45 bits per heavy atom. The van der Waals surface area contributed by atoms with Gasteiger partial charge in [0.05, 0.1) is 24.1 Å². The quantitative estimate of drug-likeness (QED) is 0.886. The highest BCUT2D eigenvalue weighted by Crippen LogP contribution is 2.31. The number of carbonyl (C=O) groups excluding carboxylic acids is 1. The van der Waals surface area contributed by atoms with Crippen molar-refractivity contribution >= 4 is 33.2 Å². The molecule has 0 spiro atoms. The van der Waals surface area contributed by atoms with Gasteiger partial charge in [-0.3, -0.25) is 9.10 Å². The lowest BCUT2D eigenvalue weighted by atomic mass is 10.2.